The number of anilines is 1. The van der Waals surface area contributed by atoms with Gasteiger partial charge in [-0.15, -0.1) is 11.3 Å². The highest BCUT2D eigenvalue weighted by Crippen LogP contribution is 2.34. The number of aryl methyl sites for hydroxylation is 1. The average molecular weight is 500 g/mol. The first-order valence-corrected chi connectivity index (χ1v) is 13.2. The van der Waals surface area contributed by atoms with Crippen LogP contribution in [-0.4, -0.2) is 33.9 Å². The number of H-pyrrole nitrogens is 1. The van der Waals surface area contributed by atoms with E-state index in [9.17, 15) is 14.7 Å². The Kier molecular flexibility index (Phi) is 6.91. The lowest BCUT2D eigenvalue weighted by atomic mass is 9.98. The highest BCUT2D eigenvalue weighted by molar-refractivity contribution is 7.16. The molecule has 0 atom stereocenters. The smallest absolute Gasteiger partial charge is 0.330 e. The van der Waals surface area contributed by atoms with Crippen LogP contribution in [0, 0.1) is 0 Å². The van der Waals surface area contributed by atoms with Crippen molar-refractivity contribution in [2.24, 2.45) is 0 Å². The molecule has 2 N–H and O–H groups in total. The van der Waals surface area contributed by atoms with Gasteiger partial charge in [0.25, 0.3) is 5.56 Å². The molecule has 2 aromatic heterocycles. The predicted molar refractivity (Wildman–Crippen MR) is 147 cm³/mol. The molecule has 2 aromatic carbocycles. The number of para-hydroxylation sites is 1. The fraction of sp³-hybridized carbons (Fsp3) is 0.241. The van der Waals surface area contributed by atoms with Gasteiger partial charge in [-0.1, -0.05) is 37.6 Å². The zero-order valence-electron chi connectivity index (χ0n) is 20.2. The molecule has 0 fully saturated rings. The number of aromatic amines is 1. The lowest BCUT2D eigenvalue weighted by Gasteiger charge is -2.31. The Morgan fingerprint density at radius 1 is 1.14 bits per heavy atom. The maximum absolute atomic E-state index is 13.2. The Morgan fingerprint density at radius 3 is 2.75 bits per heavy atom. The van der Waals surface area contributed by atoms with Gasteiger partial charge in [-0.3, -0.25) is 9.89 Å². The second-order valence-electron chi connectivity index (χ2n) is 9.03. The zero-order chi connectivity index (χ0) is 25.1. The molecule has 0 amide bonds. The van der Waals surface area contributed by atoms with Crippen molar-refractivity contribution >= 4 is 35.1 Å². The van der Waals surface area contributed by atoms with Gasteiger partial charge in [0, 0.05) is 34.6 Å². The first-order valence-electron chi connectivity index (χ1n) is 12.3. The fourth-order valence-electron chi connectivity index (χ4n) is 4.74. The summed E-state index contributed by atoms with van der Waals surface area (Å²) in [6.07, 6.45) is 7.47. The molecule has 4 aromatic rings. The standard InChI is InChI=1S/C29H29N3O3S/c1-2-3-15-31-16-7-8-20-17-21(11-13-26(20)31)27-14-12-23(36-27)18-24-25(19-28(33)34)30-32(29(24)35)22-9-5-4-6-10-22/h4-6,9-14,17-19,30H,2-3,7-8,15-16H2,1H3,(H,33,34). The second kappa shape index (κ2) is 10.4. The van der Waals surface area contributed by atoms with Crippen LogP contribution in [0.1, 0.15) is 36.6 Å². The molecule has 7 heteroatoms. The second-order valence-corrected chi connectivity index (χ2v) is 10.1. The van der Waals surface area contributed by atoms with Gasteiger partial charge in [0.1, 0.15) is 0 Å². The van der Waals surface area contributed by atoms with Crippen LogP contribution in [0.4, 0.5) is 5.69 Å². The number of nitrogens with one attached hydrogen (secondary N) is 1. The quantitative estimate of drug-likeness (QED) is 0.401. The molecule has 6 nitrogen and oxygen atoms in total. The van der Waals surface area contributed by atoms with Crippen molar-refractivity contribution in [2.45, 2.75) is 32.6 Å². The highest BCUT2D eigenvalue weighted by atomic mass is 32.1. The summed E-state index contributed by atoms with van der Waals surface area (Å²) in [6.45, 7) is 4.46. The van der Waals surface area contributed by atoms with Gasteiger partial charge in [-0.2, -0.15) is 0 Å². The third-order valence-corrected chi connectivity index (χ3v) is 7.59. The van der Waals surface area contributed by atoms with E-state index in [1.165, 1.54) is 40.8 Å². The maximum atomic E-state index is 13.2. The maximum Gasteiger partial charge on any atom is 0.330 e. The van der Waals surface area contributed by atoms with E-state index in [2.05, 4.69) is 41.2 Å². The molecule has 5 rings (SSSR count). The number of fused-ring (bicyclic) bond motifs is 1. The van der Waals surface area contributed by atoms with Crippen LogP contribution in [0.3, 0.4) is 0 Å². The lowest BCUT2D eigenvalue weighted by Crippen LogP contribution is -2.35. The summed E-state index contributed by atoms with van der Waals surface area (Å²) >= 11 is 1.60. The van der Waals surface area contributed by atoms with E-state index in [0.29, 0.717) is 10.9 Å². The number of unbranched alkanes of at least 4 members (excludes halogenated alkanes) is 1. The van der Waals surface area contributed by atoms with Gasteiger partial charge in [0.15, 0.2) is 0 Å². The number of thiophene rings is 1. The van der Waals surface area contributed by atoms with Crippen molar-refractivity contribution in [1.29, 1.82) is 0 Å². The number of aliphatic carboxylic acids is 1. The summed E-state index contributed by atoms with van der Waals surface area (Å²) in [6, 6.07) is 19.9. The number of nitrogens with zero attached hydrogens (tertiary/aromatic N) is 2. The van der Waals surface area contributed by atoms with Crippen LogP contribution >= 0.6 is 11.3 Å². The first-order chi connectivity index (χ1) is 17.5. The number of aromatic nitrogens is 2. The molecule has 0 saturated heterocycles. The molecule has 0 bridgehead atoms. The van der Waals surface area contributed by atoms with Crippen molar-refractivity contribution < 1.29 is 9.90 Å². The number of carbonyl (C=O) groups is 1. The Labute approximate surface area is 213 Å². The van der Waals surface area contributed by atoms with E-state index >= 15 is 0 Å². The van der Waals surface area contributed by atoms with Gasteiger partial charge in [-0.25, -0.2) is 9.48 Å². The van der Waals surface area contributed by atoms with Crippen LogP contribution in [-0.2, 0) is 11.2 Å². The molecule has 0 saturated carbocycles. The minimum absolute atomic E-state index is 0.271. The van der Waals surface area contributed by atoms with E-state index in [1.807, 2.05) is 24.3 Å². The summed E-state index contributed by atoms with van der Waals surface area (Å²) in [4.78, 5) is 29.1. The molecule has 0 radical (unpaired) electrons. The number of benzene rings is 2. The number of hydrogen-bond donors (Lipinski definition) is 2. The van der Waals surface area contributed by atoms with Crippen LogP contribution in [0.5, 0.6) is 0 Å². The molecule has 0 unspecified atom stereocenters. The lowest BCUT2D eigenvalue weighted by molar-refractivity contribution is -0.129. The minimum atomic E-state index is -1.11. The Balaban J connectivity index is 1.51. The van der Waals surface area contributed by atoms with Crippen molar-refractivity contribution in [1.82, 2.24) is 9.78 Å². The van der Waals surface area contributed by atoms with Crippen LogP contribution in [0.2, 0.25) is 0 Å². The van der Waals surface area contributed by atoms with Crippen molar-refractivity contribution in [2.75, 3.05) is 18.0 Å². The van der Waals surface area contributed by atoms with E-state index in [-0.39, 0.29) is 10.9 Å². The van der Waals surface area contributed by atoms with Gasteiger partial charge >= 0.3 is 5.97 Å². The van der Waals surface area contributed by atoms with Crippen molar-refractivity contribution in [3.8, 4) is 16.1 Å². The summed E-state index contributed by atoms with van der Waals surface area (Å²) in [5.41, 5.74) is 4.28. The Morgan fingerprint density at radius 2 is 1.97 bits per heavy atom. The molecule has 0 aliphatic carbocycles. The molecule has 3 heterocycles. The van der Waals surface area contributed by atoms with E-state index in [1.54, 1.807) is 29.5 Å². The summed E-state index contributed by atoms with van der Waals surface area (Å²) in [7, 11) is 0. The van der Waals surface area contributed by atoms with Gasteiger partial charge in [0.05, 0.1) is 16.3 Å². The zero-order valence-corrected chi connectivity index (χ0v) is 21.1. The minimum Gasteiger partial charge on any atom is -0.478 e. The van der Waals surface area contributed by atoms with Crippen LogP contribution in [0.25, 0.3) is 28.3 Å². The molecule has 184 valence electrons. The number of carboxylic acid groups (broad SMARTS) is 1. The molecule has 1 aliphatic heterocycles. The van der Waals surface area contributed by atoms with Crippen molar-refractivity contribution in [3.05, 3.63) is 92.0 Å². The first kappa shape index (κ1) is 23.9. The summed E-state index contributed by atoms with van der Waals surface area (Å²) in [5.74, 6) is -1.11. The van der Waals surface area contributed by atoms with E-state index in [0.717, 1.165) is 35.3 Å². The molecular weight excluding hydrogens is 470 g/mol. The fourth-order valence-corrected chi connectivity index (χ4v) is 5.68. The van der Waals surface area contributed by atoms with Gasteiger partial charge < -0.3 is 10.0 Å². The predicted octanol–water partition coefficient (Wildman–Crippen LogP) is 4.14. The van der Waals surface area contributed by atoms with E-state index in [4.69, 9.17) is 0 Å². The summed E-state index contributed by atoms with van der Waals surface area (Å²) < 4.78 is 1.38. The average Bonchev–Trinajstić information content (AvgIpc) is 3.48. The van der Waals surface area contributed by atoms with Gasteiger partial charge in [0.2, 0.25) is 0 Å². The summed E-state index contributed by atoms with van der Waals surface area (Å²) in [5, 5.41) is 12.9. The number of rotatable bonds is 7. The van der Waals surface area contributed by atoms with E-state index < -0.39 is 5.97 Å². The van der Waals surface area contributed by atoms with Crippen LogP contribution < -0.4 is 21.0 Å². The van der Waals surface area contributed by atoms with Crippen LogP contribution in [0.15, 0.2) is 65.5 Å². The van der Waals surface area contributed by atoms with Crippen molar-refractivity contribution in [3.63, 3.8) is 0 Å². The number of hydrogen-bond acceptors (Lipinski definition) is 4. The SMILES string of the molecule is CCCCN1CCCc2cc(-c3ccc(C=c4c(=CC(=O)O)[nH]n(-c5ccccc5)c4=O)s3)ccc21. The topological polar surface area (TPSA) is 78.3 Å². The third-order valence-electron chi connectivity index (χ3n) is 6.51. The Bertz CT molecular complexity index is 1560. The monoisotopic (exact) mass is 499 g/mol. The Hall–Kier alpha value is -3.84. The molecule has 1 aliphatic rings. The number of carboxylic acids is 1. The molecule has 0 spiro atoms. The normalized spacial score (nSPS) is 14.3. The third kappa shape index (κ3) is 4.93. The molecular formula is C29H29N3O3S. The largest absolute Gasteiger partial charge is 0.478 e. The van der Waals surface area contributed by atoms with Gasteiger partial charge in [-0.05, 0) is 72.9 Å². The molecule has 36 heavy (non-hydrogen) atoms. The highest BCUT2D eigenvalue weighted by Gasteiger charge is 2.17.